The van der Waals surface area contributed by atoms with E-state index in [1.807, 2.05) is 73.7 Å². The summed E-state index contributed by atoms with van der Waals surface area (Å²) in [6.07, 6.45) is 0.714. The second-order valence-corrected chi connectivity index (χ2v) is 9.93. The number of ketones is 1. The van der Waals surface area contributed by atoms with Crippen molar-refractivity contribution in [2.75, 3.05) is 36.5 Å². The first-order chi connectivity index (χ1) is 18.5. The lowest BCUT2D eigenvalue weighted by molar-refractivity contribution is -0.117. The molecule has 0 N–H and O–H groups in total. The first kappa shape index (κ1) is 26.1. The van der Waals surface area contributed by atoms with Gasteiger partial charge in [0.25, 0.3) is 5.88 Å². The van der Waals surface area contributed by atoms with E-state index in [1.165, 1.54) is 0 Å². The Hall–Kier alpha value is -3.48. The lowest BCUT2D eigenvalue weighted by atomic mass is 10.0. The van der Waals surface area contributed by atoms with Gasteiger partial charge in [0.2, 0.25) is 12.5 Å². The maximum absolute atomic E-state index is 12.8. The fourth-order valence-corrected chi connectivity index (χ4v) is 4.89. The molecule has 0 bridgehead atoms. The number of rotatable bonds is 11. The van der Waals surface area contributed by atoms with E-state index in [-0.39, 0.29) is 12.6 Å². The second-order valence-electron chi connectivity index (χ2n) is 9.17. The molecule has 3 aromatic carbocycles. The number of hydrogen-bond donors (Lipinski definition) is 0. The van der Waals surface area contributed by atoms with Crippen molar-refractivity contribution in [3.8, 4) is 23.1 Å². The number of hydrogen-bond acceptors (Lipinski definition) is 6. The molecule has 8 heteroatoms. The minimum Gasteiger partial charge on any atom is -0.453 e. The number of aryl methyl sites for hydroxylation is 1. The molecule has 0 atom stereocenters. The van der Waals surface area contributed by atoms with E-state index in [2.05, 4.69) is 9.88 Å². The fourth-order valence-electron chi connectivity index (χ4n) is 4.49. The van der Waals surface area contributed by atoms with Crippen molar-refractivity contribution in [2.24, 2.45) is 0 Å². The molecule has 0 fully saturated rings. The van der Waals surface area contributed by atoms with Gasteiger partial charge < -0.3 is 19.1 Å². The second kappa shape index (κ2) is 11.9. The molecule has 0 radical (unpaired) electrons. The smallest absolute Gasteiger partial charge is 0.264 e. The van der Waals surface area contributed by atoms with Crippen molar-refractivity contribution in [1.82, 2.24) is 4.98 Å². The molecule has 0 aliphatic carbocycles. The van der Waals surface area contributed by atoms with Crippen molar-refractivity contribution >= 4 is 45.6 Å². The lowest BCUT2D eigenvalue weighted by Crippen LogP contribution is -2.27. The molecule has 2 heterocycles. The van der Waals surface area contributed by atoms with Crippen LogP contribution in [-0.2, 0) is 17.6 Å². The molecule has 0 saturated carbocycles. The average molecular weight is 551 g/mol. The van der Waals surface area contributed by atoms with Crippen LogP contribution in [0.15, 0.2) is 66.7 Å². The maximum Gasteiger partial charge on any atom is 0.264 e. The normalized spacial score (nSPS) is 12.1. The average Bonchev–Trinajstić information content (AvgIpc) is 3.38. The van der Waals surface area contributed by atoms with E-state index >= 15 is 0 Å². The molecule has 6 nitrogen and oxygen atoms in total. The number of Topliss-reactive ketones (excluding diaryl/α,β-unsaturated/α-hetero) is 1. The first-order valence-corrected chi connectivity index (χ1v) is 13.5. The highest BCUT2D eigenvalue weighted by Crippen LogP contribution is 2.46. The molecule has 196 valence electrons. The number of halogens is 2. The third kappa shape index (κ3) is 5.98. The molecule has 0 amide bonds. The molecule has 38 heavy (non-hydrogen) atoms. The van der Waals surface area contributed by atoms with E-state index in [0.717, 1.165) is 46.4 Å². The van der Waals surface area contributed by atoms with Gasteiger partial charge in [-0.25, -0.2) is 4.98 Å². The molecule has 0 saturated heterocycles. The van der Waals surface area contributed by atoms with Gasteiger partial charge >= 0.3 is 0 Å². The summed E-state index contributed by atoms with van der Waals surface area (Å²) in [5.74, 6) is 3.35. The van der Waals surface area contributed by atoms with Crippen LogP contribution < -0.4 is 19.1 Å². The highest BCUT2D eigenvalue weighted by atomic mass is 35.5. The predicted molar refractivity (Wildman–Crippen MR) is 152 cm³/mol. The monoisotopic (exact) mass is 550 g/mol. The summed E-state index contributed by atoms with van der Waals surface area (Å²) < 4.78 is 17.4. The van der Waals surface area contributed by atoms with E-state index < -0.39 is 0 Å². The van der Waals surface area contributed by atoms with Crippen molar-refractivity contribution in [3.05, 3.63) is 83.4 Å². The fraction of sp³-hybridized carbons (Fsp3) is 0.267. The van der Waals surface area contributed by atoms with Gasteiger partial charge in [-0.3, -0.25) is 4.79 Å². The van der Waals surface area contributed by atoms with E-state index in [4.69, 9.17) is 37.4 Å². The van der Waals surface area contributed by atoms with Crippen LogP contribution >= 0.6 is 23.2 Å². The minimum absolute atomic E-state index is 0.108. The number of aromatic nitrogens is 1. The van der Waals surface area contributed by atoms with E-state index in [9.17, 15) is 4.79 Å². The number of fused-ring (bicyclic) bond motifs is 2. The lowest BCUT2D eigenvalue weighted by Gasteiger charge is -2.23. The van der Waals surface area contributed by atoms with Gasteiger partial charge in [-0.2, -0.15) is 0 Å². The van der Waals surface area contributed by atoms with Crippen LogP contribution in [0.3, 0.4) is 0 Å². The number of alkyl halides is 2. The van der Waals surface area contributed by atoms with Crippen LogP contribution in [-0.4, -0.2) is 42.4 Å². The number of anilines is 1. The first-order valence-electron chi connectivity index (χ1n) is 12.5. The summed E-state index contributed by atoms with van der Waals surface area (Å²) in [5.41, 5.74) is 4.84. The number of ether oxygens (including phenoxy) is 3. The number of carbonyl (C=O) groups excluding carboxylic acids is 1. The van der Waals surface area contributed by atoms with Crippen molar-refractivity contribution in [1.29, 1.82) is 0 Å². The molecule has 0 spiro atoms. The van der Waals surface area contributed by atoms with Crippen LogP contribution in [0.4, 0.5) is 5.69 Å². The topological polar surface area (TPSA) is 60.9 Å². The molecule has 1 aliphatic rings. The van der Waals surface area contributed by atoms with Crippen molar-refractivity contribution in [3.63, 3.8) is 0 Å². The molecule has 0 unspecified atom stereocenters. The van der Waals surface area contributed by atoms with E-state index in [1.54, 1.807) is 0 Å². The summed E-state index contributed by atoms with van der Waals surface area (Å²) in [4.78, 5) is 19.5. The summed E-state index contributed by atoms with van der Waals surface area (Å²) in [7, 11) is 0. The SMILES string of the molecule is Cc1ccc2c(Oc3ccc(CC(=O)Cc4ccc(N(CCCl)CCCl)cc4)cc3)c3c(nc2c1)OCO3. The zero-order valence-corrected chi connectivity index (χ0v) is 22.6. The Kier molecular flexibility index (Phi) is 8.20. The van der Waals surface area contributed by atoms with Gasteiger partial charge in [0.05, 0.1) is 5.52 Å². The van der Waals surface area contributed by atoms with Crippen molar-refractivity contribution < 1.29 is 19.0 Å². The number of pyridine rings is 1. The third-order valence-corrected chi connectivity index (χ3v) is 6.71. The Balaban J connectivity index is 1.24. The molecule has 4 aromatic rings. The molecule has 1 aromatic heterocycles. The van der Waals surface area contributed by atoms with Crippen molar-refractivity contribution in [2.45, 2.75) is 19.8 Å². The Morgan fingerprint density at radius 2 is 1.58 bits per heavy atom. The Bertz CT molecular complexity index is 1420. The number of carbonyl (C=O) groups is 1. The van der Waals surface area contributed by atoms with Gasteiger partial charge in [0.1, 0.15) is 11.5 Å². The zero-order valence-electron chi connectivity index (χ0n) is 21.1. The van der Waals surface area contributed by atoms with E-state index in [0.29, 0.717) is 47.7 Å². The summed E-state index contributed by atoms with van der Waals surface area (Å²) >= 11 is 11.8. The van der Waals surface area contributed by atoms with Gasteiger partial charge in [-0.1, -0.05) is 30.3 Å². The van der Waals surface area contributed by atoms with Gasteiger partial charge in [0, 0.05) is 48.8 Å². The van der Waals surface area contributed by atoms with Crippen LogP contribution in [0.2, 0.25) is 0 Å². The van der Waals surface area contributed by atoms with Gasteiger partial charge in [-0.05, 0) is 60.0 Å². The van der Waals surface area contributed by atoms with Crippen LogP contribution in [0.25, 0.3) is 10.9 Å². The standard InChI is InChI=1S/C30H28Cl2N2O4/c1-20-2-11-26-27(16-20)33-30-29(36-19-37-30)28(26)38-25-9-5-22(6-10-25)18-24(35)17-21-3-7-23(8-4-21)34(14-12-31)15-13-32/h2-11,16H,12-15,17-19H2,1H3. The Labute approximate surface area is 232 Å². The highest BCUT2D eigenvalue weighted by molar-refractivity contribution is 6.18. The summed E-state index contributed by atoms with van der Waals surface area (Å²) in [6.45, 7) is 3.58. The van der Waals surface area contributed by atoms with Crippen LogP contribution in [0.5, 0.6) is 23.1 Å². The highest BCUT2D eigenvalue weighted by Gasteiger charge is 2.24. The Morgan fingerprint density at radius 1 is 0.921 bits per heavy atom. The maximum atomic E-state index is 12.8. The molecular formula is C30H28Cl2N2O4. The number of nitrogens with zero attached hydrogens (tertiary/aromatic N) is 2. The quantitative estimate of drug-likeness (QED) is 0.193. The van der Waals surface area contributed by atoms with Crippen LogP contribution in [0.1, 0.15) is 16.7 Å². The summed E-state index contributed by atoms with van der Waals surface area (Å²) in [5, 5.41) is 0.846. The largest absolute Gasteiger partial charge is 0.453 e. The van der Waals surface area contributed by atoms with Gasteiger partial charge in [0.15, 0.2) is 5.75 Å². The zero-order chi connectivity index (χ0) is 26.5. The molecule has 1 aliphatic heterocycles. The Morgan fingerprint density at radius 3 is 2.24 bits per heavy atom. The minimum atomic E-state index is 0.108. The van der Waals surface area contributed by atoms with Gasteiger partial charge in [-0.15, -0.1) is 23.2 Å². The van der Waals surface area contributed by atoms with Crippen LogP contribution in [0, 0.1) is 6.92 Å². The number of benzene rings is 3. The predicted octanol–water partition coefficient (Wildman–Crippen LogP) is 6.70. The third-order valence-electron chi connectivity index (χ3n) is 6.38. The summed E-state index contributed by atoms with van der Waals surface area (Å²) in [6, 6.07) is 21.5. The molecular weight excluding hydrogens is 523 g/mol. The molecule has 5 rings (SSSR count).